The highest BCUT2D eigenvalue weighted by atomic mass is 79.9. The molecule has 4 nitrogen and oxygen atoms in total. The number of ether oxygens (including phenoxy) is 2. The highest BCUT2D eigenvalue weighted by molar-refractivity contribution is 9.10. The molecule has 0 fully saturated rings. The number of carbonyl (C=O) groups is 2. The van der Waals surface area contributed by atoms with Crippen LogP contribution in [0, 0.1) is 0 Å². The Kier molecular flexibility index (Phi) is 6.40. The summed E-state index contributed by atoms with van der Waals surface area (Å²) < 4.78 is 11.0. The molecule has 0 amide bonds. The Hall–Kier alpha value is -1.36. The highest BCUT2D eigenvalue weighted by Crippen LogP contribution is 2.27. The van der Waals surface area contributed by atoms with E-state index in [9.17, 15) is 9.59 Å². The second kappa shape index (κ2) is 7.59. The summed E-state index contributed by atoms with van der Waals surface area (Å²) in [6, 6.07) is 7.55. The predicted molar refractivity (Wildman–Crippen MR) is 84.0 cm³/mol. The molecular formula is C16H21BrO4. The molecule has 21 heavy (non-hydrogen) atoms. The van der Waals surface area contributed by atoms with E-state index >= 15 is 0 Å². The zero-order chi connectivity index (χ0) is 16.0. The molecule has 0 aliphatic heterocycles. The lowest BCUT2D eigenvalue weighted by atomic mass is 9.92. The van der Waals surface area contributed by atoms with Crippen molar-refractivity contribution in [2.75, 3.05) is 7.11 Å². The molecule has 0 aliphatic rings. The van der Waals surface area contributed by atoms with Crippen LogP contribution in [-0.2, 0) is 19.1 Å². The molecule has 0 radical (unpaired) electrons. The molecule has 0 saturated carbocycles. The number of esters is 2. The lowest BCUT2D eigenvalue weighted by molar-refractivity contribution is -0.155. The Morgan fingerprint density at radius 3 is 2.10 bits per heavy atom. The molecule has 0 aromatic heterocycles. The van der Waals surface area contributed by atoms with Gasteiger partial charge in [0.15, 0.2) is 0 Å². The molecule has 1 rings (SSSR count). The minimum Gasteiger partial charge on any atom is -0.469 e. The van der Waals surface area contributed by atoms with Gasteiger partial charge in [-0.3, -0.25) is 9.59 Å². The first-order chi connectivity index (χ1) is 9.71. The Labute approximate surface area is 133 Å². The molecular weight excluding hydrogens is 336 g/mol. The largest absolute Gasteiger partial charge is 0.469 e. The van der Waals surface area contributed by atoms with Crippen molar-refractivity contribution in [3.05, 3.63) is 34.3 Å². The SMILES string of the molecule is COC(=O)C[C@H](CC(=O)OC(C)(C)C)c1ccc(Br)cc1. The van der Waals surface area contributed by atoms with Gasteiger partial charge in [0, 0.05) is 10.4 Å². The highest BCUT2D eigenvalue weighted by Gasteiger charge is 2.24. The summed E-state index contributed by atoms with van der Waals surface area (Å²) >= 11 is 3.37. The maximum absolute atomic E-state index is 12.0. The van der Waals surface area contributed by atoms with Crippen molar-refractivity contribution >= 4 is 27.9 Å². The second-order valence-electron chi connectivity index (χ2n) is 5.82. The average molecular weight is 357 g/mol. The monoisotopic (exact) mass is 356 g/mol. The number of benzene rings is 1. The van der Waals surface area contributed by atoms with Crippen molar-refractivity contribution in [1.29, 1.82) is 0 Å². The van der Waals surface area contributed by atoms with Crippen molar-refractivity contribution in [1.82, 2.24) is 0 Å². The fraction of sp³-hybridized carbons (Fsp3) is 0.500. The van der Waals surface area contributed by atoms with Gasteiger partial charge in [-0.2, -0.15) is 0 Å². The summed E-state index contributed by atoms with van der Waals surface area (Å²) in [6.45, 7) is 5.46. The Morgan fingerprint density at radius 1 is 1.10 bits per heavy atom. The number of hydrogen-bond acceptors (Lipinski definition) is 4. The number of methoxy groups -OCH3 is 1. The van der Waals surface area contributed by atoms with Crippen molar-refractivity contribution < 1.29 is 19.1 Å². The minimum absolute atomic E-state index is 0.147. The average Bonchev–Trinajstić information content (AvgIpc) is 2.36. The van der Waals surface area contributed by atoms with E-state index in [0.717, 1.165) is 10.0 Å². The van der Waals surface area contributed by atoms with Crippen LogP contribution in [-0.4, -0.2) is 24.6 Å². The summed E-state index contributed by atoms with van der Waals surface area (Å²) in [5.41, 5.74) is 0.376. The lowest BCUT2D eigenvalue weighted by Gasteiger charge is -2.22. The van der Waals surface area contributed by atoms with Crippen LogP contribution in [0.5, 0.6) is 0 Å². The van der Waals surface area contributed by atoms with Crippen molar-refractivity contribution in [3.63, 3.8) is 0 Å². The first-order valence-corrected chi connectivity index (χ1v) is 7.54. The first-order valence-electron chi connectivity index (χ1n) is 6.75. The van der Waals surface area contributed by atoms with Crippen LogP contribution in [0.2, 0.25) is 0 Å². The number of carbonyl (C=O) groups excluding carboxylic acids is 2. The quantitative estimate of drug-likeness (QED) is 0.752. The van der Waals surface area contributed by atoms with E-state index < -0.39 is 5.60 Å². The third kappa shape index (κ3) is 6.76. The molecule has 0 N–H and O–H groups in total. The van der Waals surface area contributed by atoms with Crippen LogP contribution < -0.4 is 0 Å². The van der Waals surface area contributed by atoms with E-state index in [2.05, 4.69) is 15.9 Å². The topological polar surface area (TPSA) is 52.6 Å². The summed E-state index contributed by atoms with van der Waals surface area (Å²) in [5, 5.41) is 0. The molecule has 116 valence electrons. The van der Waals surface area contributed by atoms with Crippen LogP contribution in [0.3, 0.4) is 0 Å². The van der Waals surface area contributed by atoms with Gasteiger partial charge in [0.1, 0.15) is 5.60 Å². The number of hydrogen-bond donors (Lipinski definition) is 0. The summed E-state index contributed by atoms with van der Waals surface area (Å²) in [7, 11) is 1.34. The minimum atomic E-state index is -0.535. The molecule has 1 atom stereocenters. The predicted octanol–water partition coefficient (Wildman–Crippen LogP) is 3.83. The molecule has 0 unspecified atom stereocenters. The molecule has 5 heteroatoms. The molecule has 0 heterocycles. The van der Waals surface area contributed by atoms with Gasteiger partial charge in [-0.25, -0.2) is 0 Å². The van der Waals surface area contributed by atoms with Gasteiger partial charge < -0.3 is 9.47 Å². The molecule has 1 aromatic rings. The van der Waals surface area contributed by atoms with Crippen LogP contribution in [0.4, 0.5) is 0 Å². The standard InChI is InChI=1S/C16H21BrO4/c1-16(2,3)21-15(19)10-12(9-14(18)20-4)11-5-7-13(17)8-6-11/h5-8,12H,9-10H2,1-4H3/t12-/m1/s1. The van der Waals surface area contributed by atoms with Gasteiger partial charge in [-0.1, -0.05) is 28.1 Å². The molecule has 0 bridgehead atoms. The van der Waals surface area contributed by atoms with E-state index in [0.29, 0.717) is 0 Å². The van der Waals surface area contributed by atoms with Crippen LogP contribution in [0.25, 0.3) is 0 Å². The molecule has 1 aromatic carbocycles. The van der Waals surface area contributed by atoms with Gasteiger partial charge in [-0.05, 0) is 38.5 Å². The summed E-state index contributed by atoms with van der Waals surface area (Å²) in [4.78, 5) is 23.5. The van der Waals surface area contributed by atoms with E-state index in [1.165, 1.54) is 7.11 Å². The van der Waals surface area contributed by atoms with E-state index in [-0.39, 0.29) is 30.7 Å². The summed E-state index contributed by atoms with van der Waals surface area (Å²) in [6.07, 6.45) is 0.297. The number of rotatable bonds is 5. The van der Waals surface area contributed by atoms with Gasteiger partial charge >= 0.3 is 11.9 Å². The zero-order valence-corrected chi connectivity index (χ0v) is 14.4. The zero-order valence-electron chi connectivity index (χ0n) is 12.8. The fourth-order valence-electron chi connectivity index (χ4n) is 1.91. The Balaban J connectivity index is 2.84. The Morgan fingerprint density at radius 2 is 1.62 bits per heavy atom. The van der Waals surface area contributed by atoms with E-state index in [4.69, 9.17) is 9.47 Å². The first kappa shape index (κ1) is 17.7. The molecule has 0 aliphatic carbocycles. The third-order valence-corrected chi connectivity index (χ3v) is 3.34. The van der Waals surface area contributed by atoms with E-state index in [1.54, 1.807) is 0 Å². The van der Waals surface area contributed by atoms with Crippen LogP contribution in [0.1, 0.15) is 45.1 Å². The second-order valence-corrected chi connectivity index (χ2v) is 6.73. The van der Waals surface area contributed by atoms with Gasteiger partial charge in [-0.15, -0.1) is 0 Å². The van der Waals surface area contributed by atoms with Gasteiger partial charge in [0.05, 0.1) is 20.0 Å². The van der Waals surface area contributed by atoms with Crippen molar-refractivity contribution in [3.8, 4) is 0 Å². The summed E-state index contributed by atoms with van der Waals surface area (Å²) in [5.74, 6) is -0.911. The smallest absolute Gasteiger partial charge is 0.306 e. The van der Waals surface area contributed by atoms with Crippen molar-refractivity contribution in [2.24, 2.45) is 0 Å². The number of halogens is 1. The normalized spacial score (nSPS) is 12.6. The fourth-order valence-corrected chi connectivity index (χ4v) is 2.18. The Bertz CT molecular complexity index is 488. The van der Waals surface area contributed by atoms with Gasteiger partial charge in [0.25, 0.3) is 0 Å². The molecule has 0 saturated heterocycles. The van der Waals surface area contributed by atoms with Crippen LogP contribution in [0.15, 0.2) is 28.7 Å². The van der Waals surface area contributed by atoms with E-state index in [1.807, 2.05) is 45.0 Å². The maximum Gasteiger partial charge on any atom is 0.306 e. The van der Waals surface area contributed by atoms with Crippen molar-refractivity contribution in [2.45, 2.75) is 45.1 Å². The van der Waals surface area contributed by atoms with Gasteiger partial charge in [0.2, 0.25) is 0 Å². The van der Waals surface area contributed by atoms with Crippen LogP contribution >= 0.6 is 15.9 Å². The molecule has 0 spiro atoms. The lowest BCUT2D eigenvalue weighted by Crippen LogP contribution is -2.25. The maximum atomic E-state index is 12.0. The third-order valence-electron chi connectivity index (χ3n) is 2.82.